The summed E-state index contributed by atoms with van der Waals surface area (Å²) < 4.78 is 11.4. The molecule has 138 valence electrons. The topological polar surface area (TPSA) is 71.8 Å². The number of nitrogens with zero attached hydrogens (tertiary/aromatic N) is 1. The normalized spacial score (nSPS) is 17.3. The minimum atomic E-state index is -0.625. The number of anilines is 1. The van der Waals surface area contributed by atoms with Gasteiger partial charge in [0, 0.05) is 5.39 Å². The van der Waals surface area contributed by atoms with Crippen LogP contribution in [-0.2, 0) is 9.59 Å². The lowest BCUT2D eigenvalue weighted by molar-refractivity contribution is -0.128. The third kappa shape index (κ3) is 3.26. The number of carbonyl (C=O) groups is 2. The van der Waals surface area contributed by atoms with E-state index in [1.165, 1.54) is 4.90 Å². The van der Waals surface area contributed by atoms with Gasteiger partial charge < -0.3 is 14.5 Å². The Morgan fingerprint density at radius 1 is 1.19 bits per heavy atom. The molecule has 6 heteroatoms. The minimum absolute atomic E-state index is 0.0753. The highest BCUT2D eigenvalue weighted by Crippen LogP contribution is 2.33. The molecule has 2 heterocycles. The predicted octanol–water partition coefficient (Wildman–Crippen LogP) is 3.42. The van der Waals surface area contributed by atoms with Gasteiger partial charge in [-0.1, -0.05) is 30.3 Å². The number of ether oxygens (including phenoxy) is 1. The second-order valence-corrected chi connectivity index (χ2v) is 6.63. The van der Waals surface area contributed by atoms with Gasteiger partial charge >= 0.3 is 0 Å². The molecule has 2 amide bonds. The lowest BCUT2D eigenvalue weighted by atomic mass is 10.2. The number of amides is 2. The van der Waals surface area contributed by atoms with Gasteiger partial charge in [0.05, 0.1) is 11.7 Å². The molecule has 4 rings (SSSR count). The Balaban J connectivity index is 1.49. The molecule has 2 atom stereocenters. The largest absolute Gasteiger partial charge is 0.479 e. The Labute approximate surface area is 156 Å². The Hall–Kier alpha value is -3.28. The van der Waals surface area contributed by atoms with Crippen LogP contribution in [0.15, 0.2) is 59.0 Å². The van der Waals surface area contributed by atoms with E-state index in [9.17, 15) is 9.59 Å². The monoisotopic (exact) mass is 364 g/mol. The van der Waals surface area contributed by atoms with Crippen LogP contribution < -0.4 is 15.0 Å². The van der Waals surface area contributed by atoms with Gasteiger partial charge in [0.2, 0.25) is 5.91 Å². The minimum Gasteiger partial charge on any atom is -0.479 e. The summed E-state index contributed by atoms with van der Waals surface area (Å²) in [6.07, 6.45) is -0.625. The summed E-state index contributed by atoms with van der Waals surface area (Å²) in [6.45, 7) is 3.46. The van der Waals surface area contributed by atoms with E-state index in [1.807, 2.05) is 49.4 Å². The lowest BCUT2D eigenvalue weighted by Crippen LogP contribution is -2.49. The molecule has 0 aliphatic carbocycles. The van der Waals surface area contributed by atoms with E-state index in [4.69, 9.17) is 9.15 Å². The van der Waals surface area contributed by atoms with E-state index >= 15 is 0 Å². The molecule has 0 saturated carbocycles. The van der Waals surface area contributed by atoms with E-state index < -0.39 is 6.10 Å². The van der Waals surface area contributed by atoms with Gasteiger partial charge in [-0.25, -0.2) is 0 Å². The highest BCUT2D eigenvalue weighted by atomic mass is 16.5. The molecule has 0 fully saturated rings. The molecule has 1 aliphatic heterocycles. The Kier molecular flexibility index (Phi) is 4.32. The lowest BCUT2D eigenvalue weighted by Gasteiger charge is -2.32. The molecule has 6 nitrogen and oxygen atoms in total. The van der Waals surface area contributed by atoms with Crippen molar-refractivity contribution in [2.75, 3.05) is 11.4 Å². The van der Waals surface area contributed by atoms with Crippen molar-refractivity contribution in [3.05, 3.63) is 60.4 Å². The number of fused-ring (bicyclic) bond motifs is 2. The average Bonchev–Trinajstić information content (AvgIpc) is 3.10. The first-order chi connectivity index (χ1) is 13.0. The first-order valence-electron chi connectivity index (χ1n) is 8.88. The van der Waals surface area contributed by atoms with Gasteiger partial charge in [-0.05, 0) is 38.1 Å². The first kappa shape index (κ1) is 17.1. The van der Waals surface area contributed by atoms with Gasteiger partial charge in [-0.2, -0.15) is 0 Å². The summed E-state index contributed by atoms with van der Waals surface area (Å²) in [5.41, 5.74) is 1.38. The molecule has 1 N–H and O–H groups in total. The SMILES string of the molecule is CC1Oc2ccccc2N(CC(=O)NC(C)c2cc3ccccc3o2)C1=O. The Morgan fingerprint density at radius 3 is 2.74 bits per heavy atom. The molecule has 3 aromatic rings. The molecule has 0 spiro atoms. The zero-order valence-electron chi connectivity index (χ0n) is 15.1. The van der Waals surface area contributed by atoms with Crippen molar-refractivity contribution in [1.82, 2.24) is 5.32 Å². The maximum atomic E-state index is 12.6. The fourth-order valence-corrected chi connectivity index (χ4v) is 3.24. The highest BCUT2D eigenvalue weighted by molar-refractivity contribution is 6.03. The van der Waals surface area contributed by atoms with Crippen molar-refractivity contribution < 1.29 is 18.7 Å². The Morgan fingerprint density at radius 2 is 1.93 bits per heavy atom. The van der Waals surface area contributed by atoms with Gasteiger partial charge in [0.15, 0.2) is 6.10 Å². The third-order valence-electron chi connectivity index (χ3n) is 4.62. The summed E-state index contributed by atoms with van der Waals surface area (Å²) in [5, 5.41) is 3.89. The first-order valence-corrected chi connectivity index (χ1v) is 8.88. The zero-order valence-corrected chi connectivity index (χ0v) is 15.1. The van der Waals surface area contributed by atoms with Gasteiger partial charge in [-0.3, -0.25) is 14.5 Å². The summed E-state index contributed by atoms with van der Waals surface area (Å²) in [5.74, 6) is 0.773. The van der Waals surface area contributed by atoms with E-state index in [1.54, 1.807) is 19.1 Å². The standard InChI is InChI=1S/C21H20N2O4/c1-13(19-11-15-7-3-5-9-17(15)27-19)22-20(24)12-23-16-8-4-6-10-18(16)26-14(2)21(23)25/h3-11,13-14H,12H2,1-2H3,(H,22,24). The summed E-state index contributed by atoms with van der Waals surface area (Å²) in [4.78, 5) is 26.5. The molecule has 0 saturated heterocycles. The van der Waals surface area contributed by atoms with Crippen LogP contribution >= 0.6 is 0 Å². The van der Waals surface area contributed by atoms with E-state index in [0.29, 0.717) is 17.2 Å². The van der Waals surface area contributed by atoms with E-state index in [0.717, 1.165) is 11.0 Å². The van der Waals surface area contributed by atoms with Crippen LogP contribution in [0.1, 0.15) is 25.6 Å². The van der Waals surface area contributed by atoms with Crippen LogP contribution in [0.5, 0.6) is 5.75 Å². The number of hydrogen-bond donors (Lipinski definition) is 1. The molecule has 1 aromatic heterocycles. The van der Waals surface area contributed by atoms with Crippen molar-refractivity contribution in [3.8, 4) is 5.75 Å². The van der Waals surface area contributed by atoms with Crippen molar-refractivity contribution in [1.29, 1.82) is 0 Å². The molecule has 0 radical (unpaired) electrons. The van der Waals surface area contributed by atoms with E-state index in [2.05, 4.69) is 5.32 Å². The summed E-state index contributed by atoms with van der Waals surface area (Å²) in [7, 11) is 0. The van der Waals surface area contributed by atoms with Crippen molar-refractivity contribution in [2.45, 2.75) is 26.0 Å². The number of hydrogen-bond acceptors (Lipinski definition) is 4. The molecule has 27 heavy (non-hydrogen) atoms. The van der Waals surface area contributed by atoms with Crippen LogP contribution in [-0.4, -0.2) is 24.5 Å². The zero-order chi connectivity index (χ0) is 19.0. The van der Waals surface area contributed by atoms with Crippen LogP contribution in [0.4, 0.5) is 5.69 Å². The second kappa shape index (κ2) is 6.79. The molecule has 2 unspecified atom stereocenters. The number of rotatable bonds is 4. The average molecular weight is 364 g/mol. The van der Waals surface area contributed by atoms with Gasteiger partial charge in [0.1, 0.15) is 23.6 Å². The van der Waals surface area contributed by atoms with Crippen molar-refractivity contribution >= 4 is 28.5 Å². The van der Waals surface area contributed by atoms with Crippen molar-refractivity contribution in [3.63, 3.8) is 0 Å². The molecule has 2 aromatic carbocycles. The van der Waals surface area contributed by atoms with Crippen LogP contribution in [0, 0.1) is 0 Å². The summed E-state index contributed by atoms with van der Waals surface area (Å²) >= 11 is 0. The maximum Gasteiger partial charge on any atom is 0.268 e. The van der Waals surface area contributed by atoms with Crippen LogP contribution in [0.25, 0.3) is 11.0 Å². The fourth-order valence-electron chi connectivity index (χ4n) is 3.24. The third-order valence-corrected chi connectivity index (χ3v) is 4.62. The van der Waals surface area contributed by atoms with Gasteiger partial charge in [-0.15, -0.1) is 0 Å². The van der Waals surface area contributed by atoms with Crippen LogP contribution in [0.2, 0.25) is 0 Å². The maximum absolute atomic E-state index is 12.6. The molecular formula is C21H20N2O4. The molecular weight excluding hydrogens is 344 g/mol. The number of furan rings is 1. The van der Waals surface area contributed by atoms with E-state index in [-0.39, 0.29) is 24.4 Å². The predicted molar refractivity (Wildman–Crippen MR) is 102 cm³/mol. The van der Waals surface area contributed by atoms with Crippen molar-refractivity contribution in [2.24, 2.45) is 0 Å². The highest BCUT2D eigenvalue weighted by Gasteiger charge is 2.32. The number of nitrogens with one attached hydrogen (secondary N) is 1. The quantitative estimate of drug-likeness (QED) is 0.770. The Bertz CT molecular complexity index is 977. The summed E-state index contributed by atoms with van der Waals surface area (Å²) in [6, 6.07) is 16.5. The number of carbonyl (C=O) groups excluding carboxylic acids is 2. The number of para-hydroxylation sites is 3. The second-order valence-electron chi connectivity index (χ2n) is 6.63. The molecule has 0 bridgehead atoms. The number of benzene rings is 2. The van der Waals surface area contributed by atoms with Gasteiger partial charge in [0.25, 0.3) is 5.91 Å². The van der Waals surface area contributed by atoms with Crippen LogP contribution in [0.3, 0.4) is 0 Å². The fraction of sp³-hybridized carbons (Fsp3) is 0.238. The smallest absolute Gasteiger partial charge is 0.268 e. The molecule has 1 aliphatic rings.